The Bertz CT molecular complexity index is 370. The Labute approximate surface area is 97.7 Å². The fourth-order valence-electron chi connectivity index (χ4n) is 1.95. The molecule has 0 aliphatic heterocycles. The Morgan fingerprint density at radius 3 is 2.56 bits per heavy atom. The predicted octanol–water partition coefficient (Wildman–Crippen LogP) is 3.05. The van der Waals surface area contributed by atoms with E-state index in [1.807, 2.05) is 0 Å². The van der Waals surface area contributed by atoms with Crippen LogP contribution in [0.4, 0.5) is 5.82 Å². The van der Waals surface area contributed by atoms with Gasteiger partial charge in [0.15, 0.2) is 0 Å². The summed E-state index contributed by atoms with van der Waals surface area (Å²) in [5.41, 5.74) is 2.43. The van der Waals surface area contributed by atoms with Gasteiger partial charge in [-0.25, -0.2) is 9.97 Å². The number of nitrogens with zero attached hydrogens (tertiary/aromatic N) is 2. The molecule has 0 spiro atoms. The van der Waals surface area contributed by atoms with Gasteiger partial charge in [-0.15, -0.1) is 0 Å². The third-order valence-corrected chi connectivity index (χ3v) is 3.07. The number of anilines is 1. The fourth-order valence-corrected chi connectivity index (χ4v) is 1.95. The van der Waals surface area contributed by atoms with Gasteiger partial charge in [-0.3, -0.25) is 0 Å². The SMILES string of the molecule is CCCNc1nc(C2CC2)nc(C)c1CC. The molecule has 1 fully saturated rings. The molecule has 16 heavy (non-hydrogen) atoms. The van der Waals surface area contributed by atoms with Gasteiger partial charge in [-0.05, 0) is 32.6 Å². The first-order chi connectivity index (χ1) is 7.76. The topological polar surface area (TPSA) is 37.8 Å². The Kier molecular flexibility index (Phi) is 3.42. The maximum atomic E-state index is 4.68. The molecule has 1 heterocycles. The van der Waals surface area contributed by atoms with Crippen LogP contribution in [0.5, 0.6) is 0 Å². The van der Waals surface area contributed by atoms with Crippen LogP contribution >= 0.6 is 0 Å². The van der Waals surface area contributed by atoms with Gasteiger partial charge in [0.2, 0.25) is 0 Å². The number of aromatic nitrogens is 2. The molecule has 2 rings (SSSR count). The molecule has 0 unspecified atom stereocenters. The van der Waals surface area contributed by atoms with Gasteiger partial charge in [0.05, 0.1) is 0 Å². The van der Waals surface area contributed by atoms with Crippen molar-refractivity contribution in [2.24, 2.45) is 0 Å². The highest BCUT2D eigenvalue weighted by molar-refractivity contribution is 5.47. The zero-order valence-electron chi connectivity index (χ0n) is 10.5. The van der Waals surface area contributed by atoms with E-state index in [-0.39, 0.29) is 0 Å². The standard InChI is InChI=1S/C13H21N3/c1-4-8-14-13-11(5-2)9(3)15-12(16-13)10-6-7-10/h10H,4-8H2,1-3H3,(H,14,15,16). The quantitative estimate of drug-likeness (QED) is 0.827. The van der Waals surface area contributed by atoms with Gasteiger partial charge in [0, 0.05) is 23.7 Å². The van der Waals surface area contributed by atoms with Crippen molar-refractivity contribution in [2.75, 3.05) is 11.9 Å². The minimum absolute atomic E-state index is 0.631. The van der Waals surface area contributed by atoms with E-state index in [0.717, 1.165) is 36.7 Å². The van der Waals surface area contributed by atoms with E-state index in [1.54, 1.807) is 0 Å². The van der Waals surface area contributed by atoms with Crippen LogP contribution in [0.1, 0.15) is 56.1 Å². The molecule has 0 aromatic carbocycles. The average molecular weight is 219 g/mol. The van der Waals surface area contributed by atoms with Crippen molar-refractivity contribution in [2.45, 2.75) is 52.4 Å². The van der Waals surface area contributed by atoms with E-state index in [0.29, 0.717) is 5.92 Å². The van der Waals surface area contributed by atoms with E-state index in [4.69, 9.17) is 0 Å². The Hall–Kier alpha value is -1.12. The summed E-state index contributed by atoms with van der Waals surface area (Å²) in [5.74, 6) is 2.75. The van der Waals surface area contributed by atoms with Crippen molar-refractivity contribution in [3.8, 4) is 0 Å². The largest absolute Gasteiger partial charge is 0.370 e. The van der Waals surface area contributed by atoms with E-state index in [2.05, 4.69) is 36.1 Å². The summed E-state index contributed by atoms with van der Waals surface area (Å²) in [6.45, 7) is 7.44. The van der Waals surface area contributed by atoms with Gasteiger partial charge >= 0.3 is 0 Å². The molecule has 88 valence electrons. The van der Waals surface area contributed by atoms with Gasteiger partial charge in [-0.2, -0.15) is 0 Å². The molecule has 0 bridgehead atoms. The van der Waals surface area contributed by atoms with Crippen molar-refractivity contribution >= 4 is 5.82 Å². The predicted molar refractivity (Wildman–Crippen MR) is 66.9 cm³/mol. The first kappa shape index (κ1) is 11.4. The van der Waals surface area contributed by atoms with Crippen molar-refractivity contribution in [3.63, 3.8) is 0 Å². The maximum absolute atomic E-state index is 4.68. The second-order valence-corrected chi connectivity index (χ2v) is 4.55. The molecule has 0 saturated heterocycles. The Balaban J connectivity index is 2.29. The lowest BCUT2D eigenvalue weighted by atomic mass is 10.1. The zero-order valence-corrected chi connectivity index (χ0v) is 10.5. The molecule has 0 atom stereocenters. The fraction of sp³-hybridized carbons (Fsp3) is 0.692. The number of rotatable bonds is 5. The lowest BCUT2D eigenvalue weighted by Gasteiger charge is -2.13. The van der Waals surface area contributed by atoms with E-state index in [9.17, 15) is 0 Å². The molecule has 1 aliphatic carbocycles. The average Bonchev–Trinajstić information content (AvgIpc) is 3.09. The lowest BCUT2D eigenvalue weighted by molar-refractivity contribution is 0.866. The summed E-state index contributed by atoms with van der Waals surface area (Å²) in [4.78, 5) is 9.31. The normalized spacial score (nSPS) is 15.2. The summed E-state index contributed by atoms with van der Waals surface area (Å²) in [6.07, 6.45) is 4.66. The van der Waals surface area contributed by atoms with E-state index >= 15 is 0 Å². The van der Waals surface area contributed by atoms with Gasteiger partial charge in [0.1, 0.15) is 11.6 Å². The van der Waals surface area contributed by atoms with Crippen molar-refractivity contribution in [1.82, 2.24) is 9.97 Å². The minimum Gasteiger partial charge on any atom is -0.370 e. The highest BCUT2D eigenvalue weighted by Gasteiger charge is 2.27. The second-order valence-electron chi connectivity index (χ2n) is 4.55. The molecule has 0 radical (unpaired) electrons. The molecule has 3 nitrogen and oxygen atoms in total. The highest BCUT2D eigenvalue weighted by Crippen LogP contribution is 2.38. The molecular weight excluding hydrogens is 198 g/mol. The second kappa shape index (κ2) is 4.81. The van der Waals surface area contributed by atoms with Crippen LogP contribution in [0.25, 0.3) is 0 Å². The third kappa shape index (κ3) is 2.34. The lowest BCUT2D eigenvalue weighted by Crippen LogP contribution is -2.10. The van der Waals surface area contributed by atoms with Crippen LogP contribution in [0.3, 0.4) is 0 Å². The maximum Gasteiger partial charge on any atom is 0.134 e. The number of hydrogen-bond acceptors (Lipinski definition) is 3. The number of hydrogen-bond donors (Lipinski definition) is 1. The molecule has 1 aromatic rings. The summed E-state index contributed by atoms with van der Waals surface area (Å²) < 4.78 is 0. The van der Waals surface area contributed by atoms with Gasteiger partial charge < -0.3 is 5.32 Å². The smallest absolute Gasteiger partial charge is 0.134 e. The van der Waals surface area contributed by atoms with Crippen molar-refractivity contribution in [1.29, 1.82) is 0 Å². The summed E-state index contributed by atoms with van der Waals surface area (Å²) in [6, 6.07) is 0. The summed E-state index contributed by atoms with van der Waals surface area (Å²) in [7, 11) is 0. The summed E-state index contributed by atoms with van der Waals surface area (Å²) in [5, 5.41) is 3.43. The van der Waals surface area contributed by atoms with E-state index < -0.39 is 0 Å². The van der Waals surface area contributed by atoms with Crippen molar-refractivity contribution in [3.05, 3.63) is 17.1 Å². The molecule has 3 heteroatoms. The van der Waals surface area contributed by atoms with Crippen LogP contribution in [-0.4, -0.2) is 16.5 Å². The van der Waals surface area contributed by atoms with Crippen LogP contribution in [0, 0.1) is 6.92 Å². The van der Waals surface area contributed by atoms with Gasteiger partial charge in [0.25, 0.3) is 0 Å². The molecular formula is C13H21N3. The monoisotopic (exact) mass is 219 g/mol. The number of aryl methyl sites for hydroxylation is 1. The Morgan fingerprint density at radius 2 is 2.00 bits per heavy atom. The van der Waals surface area contributed by atoms with Crippen LogP contribution in [0.2, 0.25) is 0 Å². The molecule has 1 N–H and O–H groups in total. The highest BCUT2D eigenvalue weighted by atomic mass is 15.0. The third-order valence-electron chi connectivity index (χ3n) is 3.07. The Morgan fingerprint density at radius 1 is 1.25 bits per heavy atom. The van der Waals surface area contributed by atoms with Crippen LogP contribution < -0.4 is 5.32 Å². The van der Waals surface area contributed by atoms with Gasteiger partial charge in [-0.1, -0.05) is 13.8 Å². The van der Waals surface area contributed by atoms with Crippen LogP contribution in [-0.2, 0) is 6.42 Å². The first-order valence-corrected chi connectivity index (χ1v) is 6.37. The number of nitrogens with one attached hydrogen (secondary N) is 1. The zero-order chi connectivity index (χ0) is 11.5. The minimum atomic E-state index is 0.631. The molecule has 1 aromatic heterocycles. The van der Waals surface area contributed by atoms with E-state index in [1.165, 1.54) is 18.4 Å². The van der Waals surface area contributed by atoms with Crippen LogP contribution in [0.15, 0.2) is 0 Å². The summed E-state index contributed by atoms with van der Waals surface area (Å²) >= 11 is 0. The molecule has 0 amide bonds. The molecule has 1 aliphatic rings. The first-order valence-electron chi connectivity index (χ1n) is 6.37. The molecule has 1 saturated carbocycles. The van der Waals surface area contributed by atoms with Crippen molar-refractivity contribution < 1.29 is 0 Å².